The van der Waals surface area contributed by atoms with Crippen LogP contribution in [0.2, 0.25) is 0 Å². The van der Waals surface area contributed by atoms with Gasteiger partial charge in [-0.05, 0) is 37.9 Å². The van der Waals surface area contributed by atoms with Gasteiger partial charge in [-0.15, -0.1) is 0 Å². The highest BCUT2D eigenvalue weighted by Gasteiger charge is 2.28. The monoisotopic (exact) mass is 638 g/mol. The summed E-state index contributed by atoms with van der Waals surface area (Å²) in [6, 6.07) is -1.27. The number of rotatable bonds is 30. The number of amides is 1. The van der Waals surface area contributed by atoms with E-state index in [-0.39, 0.29) is 52.0 Å². The molecule has 0 spiro atoms. The first kappa shape index (κ1) is 40.4. The van der Waals surface area contributed by atoms with Gasteiger partial charge in [0.25, 0.3) is 0 Å². The molecule has 0 radical (unpaired) electrons. The highest BCUT2D eigenvalue weighted by molar-refractivity contribution is 7.80. The Morgan fingerprint density at radius 1 is 0.651 bits per heavy atom. The Balaban J connectivity index is 3.66. The highest BCUT2D eigenvalue weighted by atomic mass is 32.1. The van der Waals surface area contributed by atoms with Crippen LogP contribution in [0.4, 0.5) is 4.79 Å². The molecule has 0 bridgehead atoms. The Morgan fingerprint density at radius 2 is 1.16 bits per heavy atom. The number of carboxylic acid groups (broad SMARTS) is 3. The van der Waals surface area contributed by atoms with Crippen molar-refractivity contribution < 1.29 is 58.2 Å². The van der Waals surface area contributed by atoms with E-state index in [0.717, 1.165) is 29.9 Å². The van der Waals surface area contributed by atoms with Crippen molar-refractivity contribution >= 4 is 42.6 Å². The number of carboxylic acids is 3. The number of esters is 1. The molecule has 0 saturated heterocycles. The standard InChI is InChI=1S/C28H50N2O12S/c31-24(32)21-30(22-25(33)34)23(27(36)37)11-8-9-13-29-28(38)42-19-17-40-15-14-39-16-18-41-26(35)12-7-5-3-1-2-4-6-10-20-43/h23,43H,1-22H2,(H,29,38)(H,31,32)(H,33,34)(H,36,37). The van der Waals surface area contributed by atoms with Crippen LogP contribution >= 0.6 is 12.6 Å². The summed E-state index contributed by atoms with van der Waals surface area (Å²) in [6.07, 6.45) is 9.57. The molecule has 0 aromatic carbocycles. The number of carbonyl (C=O) groups is 5. The number of ether oxygens (including phenoxy) is 4. The van der Waals surface area contributed by atoms with Gasteiger partial charge in [0.2, 0.25) is 0 Å². The first-order valence-corrected chi connectivity index (χ1v) is 15.5. The second-order valence-electron chi connectivity index (χ2n) is 9.85. The number of carbonyl (C=O) groups excluding carboxylic acids is 2. The van der Waals surface area contributed by atoms with Crippen LogP contribution in [0.1, 0.15) is 77.0 Å². The van der Waals surface area contributed by atoms with Gasteiger partial charge < -0.3 is 39.6 Å². The maximum Gasteiger partial charge on any atom is 0.407 e. The summed E-state index contributed by atoms with van der Waals surface area (Å²) in [5.41, 5.74) is 0. The van der Waals surface area contributed by atoms with Gasteiger partial charge in [0, 0.05) is 13.0 Å². The Bertz CT molecular complexity index is 771. The van der Waals surface area contributed by atoms with E-state index in [2.05, 4.69) is 17.9 Å². The summed E-state index contributed by atoms with van der Waals surface area (Å²) in [6.45, 7) is -0.0300. The van der Waals surface area contributed by atoms with Crippen LogP contribution in [0, 0.1) is 0 Å². The molecule has 0 fully saturated rings. The second kappa shape index (κ2) is 28.2. The summed E-state index contributed by atoms with van der Waals surface area (Å²) in [5.74, 6) is -3.24. The average Bonchev–Trinajstić information content (AvgIpc) is 2.94. The normalized spacial score (nSPS) is 11.7. The Morgan fingerprint density at radius 3 is 1.70 bits per heavy atom. The van der Waals surface area contributed by atoms with E-state index in [9.17, 15) is 29.1 Å². The summed E-state index contributed by atoms with van der Waals surface area (Å²) in [4.78, 5) is 57.7. The molecule has 43 heavy (non-hydrogen) atoms. The number of nitrogens with zero attached hydrogens (tertiary/aromatic N) is 1. The first-order chi connectivity index (χ1) is 20.7. The van der Waals surface area contributed by atoms with Crippen LogP contribution in [0.25, 0.3) is 0 Å². The lowest BCUT2D eigenvalue weighted by molar-refractivity contribution is -0.150. The fourth-order valence-corrected chi connectivity index (χ4v) is 4.26. The van der Waals surface area contributed by atoms with Crippen LogP contribution in [-0.4, -0.2) is 121 Å². The largest absolute Gasteiger partial charge is 0.480 e. The zero-order valence-corrected chi connectivity index (χ0v) is 25.9. The molecule has 0 saturated carbocycles. The number of hydrogen-bond donors (Lipinski definition) is 5. The van der Waals surface area contributed by atoms with Crippen molar-refractivity contribution in [3.63, 3.8) is 0 Å². The van der Waals surface area contributed by atoms with Crippen molar-refractivity contribution in [3.8, 4) is 0 Å². The predicted molar refractivity (Wildman–Crippen MR) is 159 cm³/mol. The molecule has 0 aromatic heterocycles. The Hall–Kier alpha value is -2.62. The van der Waals surface area contributed by atoms with Crippen molar-refractivity contribution in [1.82, 2.24) is 10.2 Å². The van der Waals surface area contributed by atoms with E-state index in [4.69, 9.17) is 29.2 Å². The van der Waals surface area contributed by atoms with Gasteiger partial charge in [0.05, 0.1) is 39.5 Å². The molecule has 0 rings (SSSR count). The van der Waals surface area contributed by atoms with E-state index in [1.807, 2.05) is 0 Å². The third-order valence-corrected chi connectivity index (χ3v) is 6.51. The van der Waals surface area contributed by atoms with E-state index >= 15 is 0 Å². The van der Waals surface area contributed by atoms with Crippen molar-refractivity contribution in [1.29, 1.82) is 0 Å². The van der Waals surface area contributed by atoms with Crippen LogP contribution in [0.5, 0.6) is 0 Å². The minimum Gasteiger partial charge on any atom is -0.480 e. The molecule has 250 valence electrons. The number of unbranched alkanes of at least 4 members (excludes halogenated alkanes) is 8. The summed E-state index contributed by atoms with van der Waals surface area (Å²) in [5, 5.41) is 29.7. The number of alkyl carbamates (subject to hydrolysis) is 1. The molecule has 1 amide bonds. The van der Waals surface area contributed by atoms with Crippen molar-refractivity contribution in [2.45, 2.75) is 83.1 Å². The highest BCUT2D eigenvalue weighted by Crippen LogP contribution is 2.11. The number of thiol groups is 1. The first-order valence-electron chi connectivity index (χ1n) is 14.9. The smallest absolute Gasteiger partial charge is 0.407 e. The summed E-state index contributed by atoms with van der Waals surface area (Å²) in [7, 11) is 0. The molecule has 0 aliphatic rings. The minimum atomic E-state index is -1.33. The summed E-state index contributed by atoms with van der Waals surface area (Å²) >= 11 is 4.20. The number of nitrogens with one attached hydrogen (secondary N) is 1. The Labute approximate surface area is 259 Å². The van der Waals surface area contributed by atoms with Gasteiger partial charge in [-0.2, -0.15) is 12.6 Å². The van der Waals surface area contributed by atoms with Crippen molar-refractivity contribution in [2.24, 2.45) is 0 Å². The third kappa shape index (κ3) is 26.7. The molecule has 14 nitrogen and oxygen atoms in total. The molecule has 0 aliphatic heterocycles. The molecule has 1 unspecified atom stereocenters. The fraction of sp³-hybridized carbons (Fsp3) is 0.821. The van der Waals surface area contributed by atoms with Gasteiger partial charge in [-0.3, -0.25) is 24.1 Å². The van der Waals surface area contributed by atoms with Crippen LogP contribution in [0.3, 0.4) is 0 Å². The molecular formula is C28H50N2O12S. The molecule has 15 heteroatoms. The lowest BCUT2D eigenvalue weighted by Crippen LogP contribution is -2.46. The lowest BCUT2D eigenvalue weighted by Gasteiger charge is -2.25. The van der Waals surface area contributed by atoms with E-state index in [1.165, 1.54) is 32.1 Å². The molecular weight excluding hydrogens is 588 g/mol. The quantitative estimate of drug-likeness (QED) is 0.0438. The van der Waals surface area contributed by atoms with Crippen LogP contribution in [-0.2, 0) is 38.1 Å². The topological polar surface area (TPSA) is 198 Å². The molecule has 0 heterocycles. The number of aliphatic carboxylic acids is 3. The van der Waals surface area contributed by atoms with Crippen LogP contribution in [0.15, 0.2) is 0 Å². The van der Waals surface area contributed by atoms with E-state index in [0.29, 0.717) is 25.9 Å². The van der Waals surface area contributed by atoms with Gasteiger partial charge in [-0.25, -0.2) is 4.79 Å². The van der Waals surface area contributed by atoms with Gasteiger partial charge in [0.1, 0.15) is 19.3 Å². The molecule has 1 atom stereocenters. The SMILES string of the molecule is O=C(O)CN(CC(=O)O)C(CCCCNC(=O)OCCOCCOCCOC(=O)CCCCCCCCCCS)C(=O)O. The van der Waals surface area contributed by atoms with Crippen molar-refractivity contribution in [2.75, 3.05) is 65.0 Å². The predicted octanol–water partition coefficient (Wildman–Crippen LogP) is 2.82. The zero-order chi connectivity index (χ0) is 32.1. The molecule has 4 N–H and O–H groups in total. The lowest BCUT2D eigenvalue weighted by atomic mass is 10.1. The van der Waals surface area contributed by atoms with Gasteiger partial charge >= 0.3 is 30.0 Å². The summed E-state index contributed by atoms with van der Waals surface area (Å²) < 4.78 is 20.8. The average molecular weight is 639 g/mol. The minimum absolute atomic E-state index is 0.0138. The van der Waals surface area contributed by atoms with E-state index < -0.39 is 43.1 Å². The zero-order valence-electron chi connectivity index (χ0n) is 25.0. The number of hydrogen-bond acceptors (Lipinski definition) is 11. The van der Waals surface area contributed by atoms with Crippen LogP contribution < -0.4 is 5.32 Å². The second-order valence-corrected chi connectivity index (χ2v) is 10.3. The maximum absolute atomic E-state index is 11.7. The van der Waals surface area contributed by atoms with Crippen molar-refractivity contribution in [3.05, 3.63) is 0 Å². The van der Waals surface area contributed by atoms with Gasteiger partial charge in [0.15, 0.2) is 0 Å². The van der Waals surface area contributed by atoms with E-state index in [1.54, 1.807) is 0 Å². The maximum atomic E-state index is 11.7. The van der Waals surface area contributed by atoms with Gasteiger partial charge in [-0.1, -0.05) is 38.5 Å². The fourth-order valence-electron chi connectivity index (χ4n) is 4.03. The Kier molecular flexibility index (Phi) is 26.5. The molecule has 0 aliphatic carbocycles. The third-order valence-electron chi connectivity index (χ3n) is 6.19. The molecule has 0 aromatic rings.